The van der Waals surface area contributed by atoms with Crippen LogP contribution in [0.1, 0.15) is 0 Å². The van der Waals surface area contributed by atoms with Gasteiger partial charge in [0, 0.05) is 19.3 Å². The summed E-state index contributed by atoms with van der Waals surface area (Å²) in [6, 6.07) is 5.62. The van der Waals surface area contributed by atoms with Gasteiger partial charge in [-0.05, 0) is 18.2 Å². The number of anilines is 1. The molecule has 1 unspecified atom stereocenters. The average molecular weight is 238 g/mol. The van der Waals surface area contributed by atoms with E-state index in [0.29, 0.717) is 25.4 Å². The van der Waals surface area contributed by atoms with Gasteiger partial charge in [-0.2, -0.15) is 0 Å². The number of likely N-dealkylation sites (N-methyl/N-ethyl adjacent to an activating group) is 1. The summed E-state index contributed by atoms with van der Waals surface area (Å²) in [6.07, 6.45) is 0. The number of hydrogen-bond acceptors (Lipinski definition) is 3. The minimum atomic E-state index is -0.352. The van der Waals surface area contributed by atoms with Gasteiger partial charge in [0.05, 0.1) is 13.2 Å². The Morgan fingerprint density at radius 3 is 3.06 bits per heavy atom. The molecule has 17 heavy (non-hydrogen) atoms. The number of benzene rings is 1. The van der Waals surface area contributed by atoms with Crippen molar-refractivity contribution in [3.05, 3.63) is 30.1 Å². The van der Waals surface area contributed by atoms with E-state index in [-0.39, 0.29) is 17.8 Å². The van der Waals surface area contributed by atoms with E-state index in [1.165, 1.54) is 17.0 Å². The average Bonchev–Trinajstić information content (AvgIpc) is 2.38. The Bertz CT molecular complexity index is 405. The van der Waals surface area contributed by atoms with Gasteiger partial charge in [0.25, 0.3) is 0 Å². The van der Waals surface area contributed by atoms with E-state index >= 15 is 0 Å². The molecule has 1 aliphatic heterocycles. The Morgan fingerprint density at radius 2 is 2.41 bits per heavy atom. The molecule has 0 aromatic heterocycles. The zero-order chi connectivity index (χ0) is 12.3. The molecule has 1 aromatic rings. The van der Waals surface area contributed by atoms with E-state index in [1.54, 1.807) is 19.2 Å². The maximum absolute atomic E-state index is 13.1. The number of halogens is 1. The first-order chi connectivity index (χ1) is 8.18. The normalized spacial score (nSPS) is 20.0. The van der Waals surface area contributed by atoms with Crippen LogP contribution in [0, 0.1) is 5.82 Å². The molecule has 1 N–H and O–H groups in total. The molecule has 1 fully saturated rings. The van der Waals surface area contributed by atoms with Gasteiger partial charge >= 0.3 is 0 Å². The number of ether oxygens (including phenoxy) is 1. The Balaban J connectivity index is 2.08. The Hall–Kier alpha value is -1.46. The summed E-state index contributed by atoms with van der Waals surface area (Å²) in [4.78, 5) is 13.5. The second kappa shape index (κ2) is 5.25. The molecule has 92 valence electrons. The second-order valence-corrected chi connectivity index (χ2v) is 3.96. The molecule has 2 rings (SSSR count). The van der Waals surface area contributed by atoms with Gasteiger partial charge in [0.15, 0.2) is 0 Å². The molecule has 1 amide bonds. The fraction of sp³-hybridized carbons (Fsp3) is 0.417. The lowest BCUT2D eigenvalue weighted by Crippen LogP contribution is -2.51. The quantitative estimate of drug-likeness (QED) is 0.827. The van der Waals surface area contributed by atoms with Gasteiger partial charge < -0.3 is 15.0 Å². The molecule has 0 saturated carbocycles. The topological polar surface area (TPSA) is 41.6 Å². The molecule has 1 heterocycles. The Kier molecular flexibility index (Phi) is 3.71. The maximum Gasteiger partial charge on any atom is 0.246 e. The van der Waals surface area contributed by atoms with Crippen molar-refractivity contribution in [1.29, 1.82) is 0 Å². The fourth-order valence-corrected chi connectivity index (χ4v) is 1.77. The summed E-state index contributed by atoms with van der Waals surface area (Å²) in [6.45, 7) is 1.64. The van der Waals surface area contributed by atoms with E-state index in [9.17, 15) is 9.18 Å². The number of nitrogens with one attached hydrogen (secondary N) is 1. The molecule has 5 heteroatoms. The molecule has 1 saturated heterocycles. The lowest BCUT2D eigenvalue weighted by Gasteiger charge is -2.27. The number of morpholine rings is 1. The minimum absolute atomic E-state index is 0.115. The standard InChI is InChI=1S/C12H15FN2O2/c1-15(10-4-2-3-9(13)7-10)12(16)11-8-17-6-5-14-11/h2-4,7,11,14H,5-6,8H2,1H3. The number of nitrogens with zero attached hydrogens (tertiary/aromatic N) is 1. The predicted molar refractivity (Wildman–Crippen MR) is 62.4 cm³/mol. The van der Waals surface area contributed by atoms with Crippen molar-refractivity contribution in [2.24, 2.45) is 0 Å². The van der Waals surface area contributed by atoms with Crippen molar-refractivity contribution in [3.63, 3.8) is 0 Å². The molecular weight excluding hydrogens is 223 g/mol. The van der Waals surface area contributed by atoms with E-state index in [1.807, 2.05) is 0 Å². The molecule has 0 bridgehead atoms. The largest absolute Gasteiger partial charge is 0.378 e. The lowest BCUT2D eigenvalue weighted by molar-refractivity contribution is -0.123. The van der Waals surface area contributed by atoms with Crippen LogP contribution in [0.25, 0.3) is 0 Å². The molecular formula is C12H15FN2O2. The van der Waals surface area contributed by atoms with E-state index in [4.69, 9.17) is 4.74 Å². The van der Waals surface area contributed by atoms with Gasteiger partial charge in [-0.3, -0.25) is 4.79 Å². The number of rotatable bonds is 2. The first-order valence-electron chi connectivity index (χ1n) is 5.53. The Morgan fingerprint density at radius 1 is 1.59 bits per heavy atom. The highest BCUT2D eigenvalue weighted by atomic mass is 19.1. The van der Waals surface area contributed by atoms with Gasteiger partial charge in [-0.25, -0.2) is 4.39 Å². The number of carbonyl (C=O) groups is 1. The van der Waals surface area contributed by atoms with Gasteiger partial charge in [-0.15, -0.1) is 0 Å². The zero-order valence-corrected chi connectivity index (χ0v) is 9.65. The molecule has 1 aromatic carbocycles. The van der Waals surface area contributed by atoms with Gasteiger partial charge in [-0.1, -0.05) is 6.07 Å². The summed E-state index contributed by atoms with van der Waals surface area (Å²) in [7, 11) is 1.63. The van der Waals surface area contributed by atoms with Crippen LogP contribution in [-0.4, -0.2) is 38.8 Å². The third kappa shape index (κ3) is 2.81. The first-order valence-corrected chi connectivity index (χ1v) is 5.53. The summed E-state index contributed by atoms with van der Waals surface area (Å²) in [5.41, 5.74) is 0.544. The van der Waals surface area contributed by atoms with E-state index in [2.05, 4.69) is 5.32 Å². The monoisotopic (exact) mass is 238 g/mol. The van der Waals surface area contributed by atoms with Crippen LogP contribution >= 0.6 is 0 Å². The second-order valence-electron chi connectivity index (χ2n) is 3.96. The van der Waals surface area contributed by atoms with Crippen LogP contribution in [0.15, 0.2) is 24.3 Å². The molecule has 1 atom stereocenters. The highest BCUT2D eigenvalue weighted by Crippen LogP contribution is 2.15. The number of amides is 1. The fourth-order valence-electron chi connectivity index (χ4n) is 1.77. The third-order valence-electron chi connectivity index (χ3n) is 2.75. The highest BCUT2D eigenvalue weighted by Gasteiger charge is 2.25. The van der Waals surface area contributed by atoms with E-state index < -0.39 is 0 Å². The number of carbonyl (C=O) groups excluding carboxylic acids is 1. The molecule has 0 aliphatic carbocycles. The summed E-state index contributed by atoms with van der Waals surface area (Å²) >= 11 is 0. The smallest absolute Gasteiger partial charge is 0.246 e. The van der Waals surface area contributed by atoms with Crippen molar-refractivity contribution in [3.8, 4) is 0 Å². The van der Waals surface area contributed by atoms with Crippen molar-refractivity contribution in [1.82, 2.24) is 5.32 Å². The number of hydrogen-bond donors (Lipinski definition) is 1. The van der Waals surface area contributed by atoms with Gasteiger partial charge in [0.1, 0.15) is 11.9 Å². The van der Waals surface area contributed by atoms with Crippen molar-refractivity contribution >= 4 is 11.6 Å². The Labute approximate surface area is 99.4 Å². The van der Waals surface area contributed by atoms with Crippen LogP contribution in [0.3, 0.4) is 0 Å². The summed E-state index contributed by atoms with van der Waals surface area (Å²) < 4.78 is 18.3. The van der Waals surface area contributed by atoms with Gasteiger partial charge in [0.2, 0.25) is 5.91 Å². The van der Waals surface area contributed by atoms with Crippen LogP contribution in [0.4, 0.5) is 10.1 Å². The molecule has 1 aliphatic rings. The first kappa shape index (κ1) is 12.0. The maximum atomic E-state index is 13.1. The molecule has 0 spiro atoms. The van der Waals surface area contributed by atoms with Crippen molar-refractivity contribution < 1.29 is 13.9 Å². The highest BCUT2D eigenvalue weighted by molar-refractivity contribution is 5.96. The predicted octanol–water partition coefficient (Wildman–Crippen LogP) is 0.777. The van der Waals surface area contributed by atoms with Crippen LogP contribution in [0.5, 0.6) is 0 Å². The molecule has 0 radical (unpaired) electrons. The van der Waals surface area contributed by atoms with Crippen molar-refractivity contribution in [2.45, 2.75) is 6.04 Å². The summed E-state index contributed by atoms with van der Waals surface area (Å²) in [5, 5.41) is 3.07. The van der Waals surface area contributed by atoms with Crippen molar-refractivity contribution in [2.75, 3.05) is 31.7 Å². The van der Waals surface area contributed by atoms with Crippen LogP contribution < -0.4 is 10.2 Å². The lowest BCUT2D eigenvalue weighted by atomic mass is 10.2. The van der Waals surface area contributed by atoms with E-state index in [0.717, 1.165) is 0 Å². The SMILES string of the molecule is CN(C(=O)C1COCCN1)c1cccc(F)c1. The molecule has 4 nitrogen and oxygen atoms in total. The van der Waals surface area contributed by atoms with Crippen LogP contribution in [-0.2, 0) is 9.53 Å². The minimum Gasteiger partial charge on any atom is -0.378 e. The van der Waals surface area contributed by atoms with Crippen LogP contribution in [0.2, 0.25) is 0 Å². The third-order valence-corrected chi connectivity index (χ3v) is 2.75. The summed E-state index contributed by atoms with van der Waals surface area (Å²) in [5.74, 6) is -0.467. The zero-order valence-electron chi connectivity index (χ0n) is 9.65.